The van der Waals surface area contributed by atoms with Gasteiger partial charge in [-0.05, 0) is 6.42 Å². The van der Waals surface area contributed by atoms with Gasteiger partial charge in [-0.2, -0.15) is 25.3 Å². The minimum atomic E-state index is 0.486. The molecule has 0 heterocycles. The lowest BCUT2D eigenvalue weighted by molar-refractivity contribution is 0.688. The molecule has 0 rings (SSSR count). The van der Waals surface area contributed by atoms with Crippen LogP contribution < -0.4 is 0 Å². The third-order valence-corrected chi connectivity index (χ3v) is 2.42. The van der Waals surface area contributed by atoms with Crippen molar-refractivity contribution in [3.05, 3.63) is 6.92 Å². The molecule has 0 N–H and O–H groups in total. The van der Waals surface area contributed by atoms with Crippen LogP contribution in [-0.4, -0.2) is 11.0 Å². The van der Waals surface area contributed by atoms with E-state index in [1.165, 1.54) is 19.3 Å². The summed E-state index contributed by atoms with van der Waals surface area (Å²) >= 11 is 8.43. The van der Waals surface area contributed by atoms with Gasteiger partial charge in [0.15, 0.2) is 0 Å². The molecule has 0 nitrogen and oxygen atoms in total. The highest BCUT2D eigenvalue weighted by molar-refractivity contribution is 7.84. The SMILES string of the molecule is [CH2]CCCCC(S)CS. The molecule has 9 heavy (non-hydrogen) atoms. The molecule has 0 saturated carbocycles. The molecule has 1 radical (unpaired) electrons. The molecule has 0 bridgehead atoms. The highest BCUT2D eigenvalue weighted by atomic mass is 32.1. The fraction of sp³-hybridized carbons (Fsp3) is 0.857. The van der Waals surface area contributed by atoms with E-state index in [0.29, 0.717) is 5.25 Å². The van der Waals surface area contributed by atoms with Gasteiger partial charge in [0.2, 0.25) is 0 Å². The van der Waals surface area contributed by atoms with Crippen LogP contribution in [0.2, 0.25) is 0 Å². The maximum Gasteiger partial charge on any atom is 0.0105 e. The number of unbranched alkanes of at least 4 members (excludes halogenated alkanes) is 2. The first-order valence-corrected chi connectivity index (χ1v) is 4.54. The average molecular weight is 163 g/mol. The van der Waals surface area contributed by atoms with Crippen molar-refractivity contribution in [1.82, 2.24) is 0 Å². The van der Waals surface area contributed by atoms with Gasteiger partial charge >= 0.3 is 0 Å². The Labute approximate surface area is 69.2 Å². The van der Waals surface area contributed by atoms with Crippen LogP contribution in [0.25, 0.3) is 0 Å². The van der Waals surface area contributed by atoms with Crippen molar-refractivity contribution < 1.29 is 0 Å². The van der Waals surface area contributed by atoms with E-state index in [1.54, 1.807) is 0 Å². The number of rotatable bonds is 5. The standard InChI is InChI=1S/C7H15S2/c1-2-3-4-5-7(9)6-8/h7-9H,1-6H2. The lowest BCUT2D eigenvalue weighted by Crippen LogP contribution is -1.99. The zero-order chi connectivity index (χ0) is 7.11. The largest absolute Gasteiger partial charge is 0.178 e. The van der Waals surface area contributed by atoms with E-state index in [1.807, 2.05) is 0 Å². The van der Waals surface area contributed by atoms with Gasteiger partial charge in [0.25, 0.3) is 0 Å². The van der Waals surface area contributed by atoms with Crippen molar-refractivity contribution >= 4 is 25.3 Å². The van der Waals surface area contributed by atoms with Crippen LogP contribution in [0.5, 0.6) is 0 Å². The van der Waals surface area contributed by atoms with Gasteiger partial charge in [0.05, 0.1) is 0 Å². The molecule has 2 heteroatoms. The fourth-order valence-electron chi connectivity index (χ4n) is 0.648. The van der Waals surface area contributed by atoms with Crippen LogP contribution in [0.4, 0.5) is 0 Å². The summed E-state index contributed by atoms with van der Waals surface area (Å²) in [6.45, 7) is 3.76. The summed E-state index contributed by atoms with van der Waals surface area (Å²) in [5, 5.41) is 0.486. The molecule has 0 amide bonds. The Morgan fingerprint density at radius 1 is 1.33 bits per heavy atom. The van der Waals surface area contributed by atoms with Crippen molar-refractivity contribution in [1.29, 1.82) is 0 Å². The molecule has 0 aliphatic carbocycles. The van der Waals surface area contributed by atoms with E-state index >= 15 is 0 Å². The lowest BCUT2D eigenvalue weighted by atomic mass is 10.2. The molecule has 0 aromatic carbocycles. The average Bonchev–Trinajstić information content (AvgIpc) is 1.89. The van der Waals surface area contributed by atoms with Gasteiger partial charge in [0, 0.05) is 11.0 Å². The molecule has 0 saturated heterocycles. The number of hydrogen-bond donors (Lipinski definition) is 2. The minimum Gasteiger partial charge on any atom is -0.178 e. The maximum absolute atomic E-state index is 4.31. The van der Waals surface area contributed by atoms with Gasteiger partial charge in [0.1, 0.15) is 0 Å². The molecular formula is C7H15S2. The van der Waals surface area contributed by atoms with E-state index < -0.39 is 0 Å². The molecule has 0 aromatic rings. The van der Waals surface area contributed by atoms with E-state index in [-0.39, 0.29) is 0 Å². The Morgan fingerprint density at radius 3 is 2.44 bits per heavy atom. The van der Waals surface area contributed by atoms with Gasteiger partial charge in [-0.15, -0.1) is 0 Å². The minimum absolute atomic E-state index is 0.486. The van der Waals surface area contributed by atoms with Crippen molar-refractivity contribution in [3.8, 4) is 0 Å². The van der Waals surface area contributed by atoms with E-state index in [2.05, 4.69) is 32.2 Å². The second kappa shape index (κ2) is 6.81. The molecule has 0 aliphatic heterocycles. The number of hydrogen-bond acceptors (Lipinski definition) is 2. The third kappa shape index (κ3) is 6.59. The molecule has 1 unspecified atom stereocenters. The van der Waals surface area contributed by atoms with Gasteiger partial charge in [-0.25, -0.2) is 0 Å². The normalized spacial score (nSPS) is 13.7. The molecule has 1 atom stereocenters. The summed E-state index contributed by atoms with van der Waals surface area (Å²) in [6.07, 6.45) is 4.71. The molecular weight excluding hydrogens is 148 g/mol. The monoisotopic (exact) mass is 163 g/mol. The van der Waals surface area contributed by atoms with Crippen molar-refractivity contribution in [2.24, 2.45) is 0 Å². The first kappa shape index (κ1) is 9.70. The summed E-state index contributed by atoms with van der Waals surface area (Å²) in [7, 11) is 0. The molecule has 0 aliphatic rings. The first-order chi connectivity index (χ1) is 4.31. The maximum atomic E-state index is 4.31. The Balaban J connectivity index is 2.88. The summed E-state index contributed by atoms with van der Waals surface area (Å²) < 4.78 is 0. The molecule has 0 aromatic heterocycles. The predicted octanol–water partition coefficient (Wildman–Crippen LogP) is 2.61. The molecule has 0 spiro atoms. The van der Waals surface area contributed by atoms with Crippen LogP contribution in [-0.2, 0) is 0 Å². The summed E-state index contributed by atoms with van der Waals surface area (Å²) in [5.74, 6) is 0.889. The summed E-state index contributed by atoms with van der Waals surface area (Å²) in [4.78, 5) is 0. The van der Waals surface area contributed by atoms with E-state index in [4.69, 9.17) is 0 Å². The Kier molecular flexibility index (Phi) is 7.34. The van der Waals surface area contributed by atoms with E-state index in [9.17, 15) is 0 Å². The Hall–Kier alpha value is 0.700. The quantitative estimate of drug-likeness (QED) is 0.452. The van der Waals surface area contributed by atoms with Crippen LogP contribution in [0.15, 0.2) is 0 Å². The van der Waals surface area contributed by atoms with Crippen LogP contribution in [0.1, 0.15) is 25.7 Å². The Morgan fingerprint density at radius 2 is 2.00 bits per heavy atom. The number of thiol groups is 2. The Bertz CT molecular complexity index is 54.9. The molecule has 0 fully saturated rings. The highest BCUT2D eigenvalue weighted by Gasteiger charge is 1.97. The summed E-state index contributed by atoms with van der Waals surface area (Å²) in [6, 6.07) is 0. The zero-order valence-electron chi connectivity index (χ0n) is 5.71. The summed E-state index contributed by atoms with van der Waals surface area (Å²) in [5.41, 5.74) is 0. The lowest BCUT2D eigenvalue weighted by Gasteiger charge is -2.04. The van der Waals surface area contributed by atoms with E-state index in [0.717, 1.165) is 12.2 Å². The van der Waals surface area contributed by atoms with Crippen LogP contribution in [0, 0.1) is 6.92 Å². The molecule has 55 valence electrons. The van der Waals surface area contributed by atoms with Crippen molar-refractivity contribution in [2.45, 2.75) is 30.9 Å². The van der Waals surface area contributed by atoms with Gasteiger partial charge in [-0.1, -0.05) is 26.2 Å². The zero-order valence-corrected chi connectivity index (χ0v) is 7.50. The first-order valence-electron chi connectivity index (χ1n) is 3.39. The third-order valence-electron chi connectivity index (χ3n) is 1.25. The smallest absolute Gasteiger partial charge is 0.0105 e. The van der Waals surface area contributed by atoms with Crippen molar-refractivity contribution in [2.75, 3.05) is 5.75 Å². The van der Waals surface area contributed by atoms with Crippen LogP contribution in [0.3, 0.4) is 0 Å². The van der Waals surface area contributed by atoms with Gasteiger partial charge in [-0.3, -0.25) is 0 Å². The van der Waals surface area contributed by atoms with Crippen molar-refractivity contribution in [3.63, 3.8) is 0 Å². The predicted molar refractivity (Wildman–Crippen MR) is 50.5 cm³/mol. The van der Waals surface area contributed by atoms with Crippen LogP contribution >= 0.6 is 25.3 Å². The second-order valence-corrected chi connectivity index (χ2v) is 3.28. The fourth-order valence-corrected chi connectivity index (χ4v) is 1.01. The highest BCUT2D eigenvalue weighted by Crippen LogP contribution is 2.08. The van der Waals surface area contributed by atoms with Gasteiger partial charge < -0.3 is 0 Å². The topological polar surface area (TPSA) is 0 Å². The second-order valence-electron chi connectivity index (χ2n) is 2.19.